The summed E-state index contributed by atoms with van der Waals surface area (Å²) >= 11 is 0. The first-order valence-electron chi connectivity index (χ1n) is 8.18. The molecule has 1 aromatic rings. The number of hydrogen-bond acceptors (Lipinski definition) is 3. The molecule has 0 radical (unpaired) electrons. The van der Waals surface area contributed by atoms with E-state index in [4.69, 9.17) is 0 Å². The molecule has 116 valence electrons. The van der Waals surface area contributed by atoms with Gasteiger partial charge in [-0.2, -0.15) is 0 Å². The summed E-state index contributed by atoms with van der Waals surface area (Å²) in [5, 5.41) is 3.56. The highest BCUT2D eigenvalue weighted by Gasteiger charge is 2.26. The third-order valence-electron chi connectivity index (χ3n) is 5.01. The Morgan fingerprint density at radius 1 is 1.05 bits per heavy atom. The Hall–Kier alpha value is -0.770. The highest BCUT2D eigenvalue weighted by atomic mass is 35.5. The van der Waals surface area contributed by atoms with Crippen LogP contribution in [0.25, 0.3) is 0 Å². The van der Waals surface area contributed by atoms with Gasteiger partial charge in [0, 0.05) is 51.5 Å². The molecular formula is C17H26ClN3. The zero-order valence-corrected chi connectivity index (χ0v) is 13.5. The number of benzene rings is 1. The number of hydrogen-bond donors (Lipinski definition) is 1. The van der Waals surface area contributed by atoms with E-state index in [2.05, 4.69) is 33.3 Å². The van der Waals surface area contributed by atoms with Crippen molar-refractivity contribution >= 4 is 18.1 Å². The van der Waals surface area contributed by atoms with Crippen molar-refractivity contribution in [2.45, 2.75) is 25.8 Å². The lowest BCUT2D eigenvalue weighted by atomic mass is 10.1. The van der Waals surface area contributed by atoms with E-state index in [0.717, 1.165) is 19.0 Å². The van der Waals surface area contributed by atoms with Crippen molar-refractivity contribution in [1.29, 1.82) is 0 Å². The molecule has 0 atom stereocenters. The first-order valence-corrected chi connectivity index (χ1v) is 8.18. The molecular weight excluding hydrogens is 282 g/mol. The number of piperazine rings is 1. The summed E-state index contributed by atoms with van der Waals surface area (Å²) in [4.78, 5) is 5.29. The minimum absolute atomic E-state index is 0. The van der Waals surface area contributed by atoms with Crippen LogP contribution in [-0.2, 0) is 13.0 Å². The fraction of sp³-hybridized carbons (Fsp3) is 0.647. The Morgan fingerprint density at radius 3 is 2.57 bits per heavy atom. The molecule has 2 aliphatic heterocycles. The standard InChI is InChI=1S/C17H25N3.ClH/c1-2-15-6-7-18-17(15)16(3-1)13-20-10-8-19(9-11-20)12-14-4-5-14;/h1-3,14,18H,4-13H2;1H. The van der Waals surface area contributed by atoms with Crippen LogP contribution in [0, 0.1) is 5.92 Å². The second kappa shape index (κ2) is 6.55. The Kier molecular flexibility index (Phi) is 4.72. The average molecular weight is 308 g/mol. The molecule has 3 aliphatic rings. The van der Waals surface area contributed by atoms with Crippen molar-refractivity contribution in [3.05, 3.63) is 29.3 Å². The van der Waals surface area contributed by atoms with Gasteiger partial charge < -0.3 is 10.2 Å². The van der Waals surface area contributed by atoms with Crippen LogP contribution >= 0.6 is 12.4 Å². The van der Waals surface area contributed by atoms with Crippen LogP contribution in [0.2, 0.25) is 0 Å². The van der Waals surface area contributed by atoms with Gasteiger partial charge in [-0.05, 0) is 36.3 Å². The summed E-state index contributed by atoms with van der Waals surface area (Å²) in [6, 6.07) is 6.80. The van der Waals surface area contributed by atoms with Gasteiger partial charge in [-0.15, -0.1) is 12.4 Å². The van der Waals surface area contributed by atoms with Gasteiger partial charge in [0.1, 0.15) is 0 Å². The third-order valence-corrected chi connectivity index (χ3v) is 5.01. The summed E-state index contributed by atoms with van der Waals surface area (Å²) in [6.45, 7) is 8.58. The normalized spacial score (nSPS) is 22.5. The number of nitrogens with zero attached hydrogens (tertiary/aromatic N) is 2. The first-order chi connectivity index (χ1) is 9.88. The highest BCUT2D eigenvalue weighted by molar-refractivity contribution is 5.85. The van der Waals surface area contributed by atoms with Crippen LogP contribution in [-0.4, -0.2) is 49.1 Å². The van der Waals surface area contributed by atoms with Crippen molar-refractivity contribution in [3.63, 3.8) is 0 Å². The smallest absolute Gasteiger partial charge is 0.0419 e. The molecule has 0 unspecified atom stereocenters. The lowest BCUT2D eigenvalue weighted by molar-refractivity contribution is 0.123. The zero-order chi connectivity index (χ0) is 13.4. The predicted octanol–water partition coefficient (Wildman–Crippen LogP) is 2.60. The van der Waals surface area contributed by atoms with Gasteiger partial charge in [0.2, 0.25) is 0 Å². The Morgan fingerprint density at radius 2 is 1.81 bits per heavy atom. The van der Waals surface area contributed by atoms with E-state index in [-0.39, 0.29) is 12.4 Å². The summed E-state index contributed by atoms with van der Waals surface area (Å²) in [5.74, 6) is 1.03. The molecule has 1 N–H and O–H groups in total. The molecule has 21 heavy (non-hydrogen) atoms. The number of nitrogens with one attached hydrogen (secondary N) is 1. The maximum atomic E-state index is 3.56. The Balaban J connectivity index is 0.00000132. The molecule has 0 spiro atoms. The van der Waals surface area contributed by atoms with Crippen LogP contribution in [0.5, 0.6) is 0 Å². The molecule has 2 heterocycles. The fourth-order valence-electron chi connectivity index (χ4n) is 3.58. The van der Waals surface area contributed by atoms with E-state index in [1.165, 1.54) is 68.8 Å². The van der Waals surface area contributed by atoms with Crippen molar-refractivity contribution in [2.75, 3.05) is 44.6 Å². The lowest BCUT2D eigenvalue weighted by Crippen LogP contribution is -2.46. The van der Waals surface area contributed by atoms with Crippen LogP contribution in [0.4, 0.5) is 5.69 Å². The molecule has 1 saturated heterocycles. The summed E-state index contributed by atoms with van der Waals surface area (Å²) in [7, 11) is 0. The van der Waals surface area contributed by atoms with E-state index in [0.29, 0.717) is 0 Å². The van der Waals surface area contributed by atoms with Gasteiger partial charge in [-0.25, -0.2) is 0 Å². The maximum Gasteiger partial charge on any atom is 0.0419 e. The van der Waals surface area contributed by atoms with Gasteiger partial charge >= 0.3 is 0 Å². The minimum Gasteiger partial charge on any atom is -0.384 e. The second-order valence-corrected chi connectivity index (χ2v) is 6.65. The third kappa shape index (κ3) is 3.53. The molecule has 1 aromatic carbocycles. The zero-order valence-electron chi connectivity index (χ0n) is 12.7. The summed E-state index contributed by atoms with van der Waals surface area (Å²) < 4.78 is 0. The highest BCUT2D eigenvalue weighted by Crippen LogP contribution is 2.30. The predicted molar refractivity (Wildman–Crippen MR) is 90.3 cm³/mol. The SMILES string of the molecule is Cl.c1cc2c(c(CN3CCN(CC4CC4)CC3)c1)NCC2. The monoisotopic (exact) mass is 307 g/mol. The van der Waals surface area contributed by atoms with Gasteiger partial charge in [-0.3, -0.25) is 4.90 Å². The van der Waals surface area contributed by atoms with Crippen LogP contribution in [0.1, 0.15) is 24.0 Å². The average Bonchev–Trinajstić information content (AvgIpc) is 3.15. The molecule has 4 rings (SSSR count). The Labute approximate surface area is 134 Å². The van der Waals surface area contributed by atoms with E-state index in [1.54, 1.807) is 0 Å². The number of halogens is 1. The van der Waals surface area contributed by atoms with Crippen molar-refractivity contribution in [1.82, 2.24) is 9.80 Å². The quantitative estimate of drug-likeness (QED) is 0.922. The van der Waals surface area contributed by atoms with Crippen LogP contribution in [0.15, 0.2) is 18.2 Å². The largest absolute Gasteiger partial charge is 0.384 e. The number of para-hydroxylation sites is 1. The van der Waals surface area contributed by atoms with Crippen LogP contribution in [0.3, 0.4) is 0 Å². The Bertz CT molecular complexity index is 479. The molecule has 3 nitrogen and oxygen atoms in total. The second-order valence-electron chi connectivity index (χ2n) is 6.65. The van der Waals surface area contributed by atoms with Gasteiger partial charge in [0.25, 0.3) is 0 Å². The topological polar surface area (TPSA) is 18.5 Å². The van der Waals surface area contributed by atoms with Gasteiger partial charge in [0.05, 0.1) is 0 Å². The van der Waals surface area contributed by atoms with E-state index in [9.17, 15) is 0 Å². The molecule has 0 bridgehead atoms. The maximum absolute atomic E-state index is 3.56. The van der Waals surface area contributed by atoms with E-state index in [1.807, 2.05) is 0 Å². The summed E-state index contributed by atoms with van der Waals surface area (Å²) in [5.41, 5.74) is 4.43. The fourth-order valence-corrected chi connectivity index (χ4v) is 3.58. The molecule has 4 heteroatoms. The van der Waals surface area contributed by atoms with Crippen molar-refractivity contribution < 1.29 is 0 Å². The van der Waals surface area contributed by atoms with Crippen molar-refractivity contribution in [2.24, 2.45) is 5.92 Å². The summed E-state index contributed by atoms with van der Waals surface area (Å²) in [6.07, 6.45) is 4.14. The minimum atomic E-state index is 0. The first kappa shape index (κ1) is 15.1. The lowest BCUT2D eigenvalue weighted by Gasteiger charge is -2.35. The van der Waals surface area contributed by atoms with Gasteiger partial charge in [0.15, 0.2) is 0 Å². The van der Waals surface area contributed by atoms with E-state index < -0.39 is 0 Å². The van der Waals surface area contributed by atoms with Gasteiger partial charge in [-0.1, -0.05) is 18.2 Å². The van der Waals surface area contributed by atoms with Crippen molar-refractivity contribution in [3.8, 4) is 0 Å². The van der Waals surface area contributed by atoms with Crippen LogP contribution < -0.4 is 5.32 Å². The number of fused-ring (bicyclic) bond motifs is 1. The number of anilines is 1. The number of rotatable bonds is 4. The molecule has 2 fully saturated rings. The molecule has 1 aliphatic carbocycles. The molecule has 0 aromatic heterocycles. The molecule has 0 amide bonds. The van der Waals surface area contributed by atoms with E-state index >= 15 is 0 Å². The molecule has 1 saturated carbocycles.